The maximum Gasteiger partial charge on any atom is 0.336 e. The van der Waals surface area contributed by atoms with Crippen LogP contribution in [0.4, 0.5) is 0 Å². The summed E-state index contributed by atoms with van der Waals surface area (Å²) in [5, 5.41) is 0. The van der Waals surface area contributed by atoms with Crippen molar-refractivity contribution in [2.24, 2.45) is 0 Å². The van der Waals surface area contributed by atoms with Gasteiger partial charge in [0, 0.05) is 25.2 Å². The summed E-state index contributed by atoms with van der Waals surface area (Å²) >= 11 is 0. The Kier molecular flexibility index (Phi) is 4.56. The van der Waals surface area contributed by atoms with E-state index in [1.165, 1.54) is 12.7 Å². The minimum atomic E-state index is -0.483. The molecule has 4 heteroatoms. The van der Waals surface area contributed by atoms with Crippen LogP contribution in [0, 0.1) is 12.3 Å². The van der Waals surface area contributed by atoms with Gasteiger partial charge in [0.1, 0.15) is 0 Å². The third kappa shape index (κ3) is 3.57. The van der Waals surface area contributed by atoms with Crippen LogP contribution < -0.4 is 0 Å². The highest BCUT2D eigenvalue weighted by atomic mass is 16.6. The van der Waals surface area contributed by atoms with Gasteiger partial charge in [0.15, 0.2) is 6.10 Å². The van der Waals surface area contributed by atoms with Gasteiger partial charge in [-0.25, -0.2) is 4.79 Å². The summed E-state index contributed by atoms with van der Waals surface area (Å²) in [7, 11) is 1.38. The minimum absolute atomic E-state index is 0.313. The van der Waals surface area contributed by atoms with Crippen LogP contribution in [0.25, 0.3) is 0 Å². The topological polar surface area (TPSA) is 38.8 Å². The van der Waals surface area contributed by atoms with Gasteiger partial charge in [-0.05, 0) is 17.7 Å². The summed E-state index contributed by atoms with van der Waals surface area (Å²) in [6.45, 7) is 2.69. The van der Waals surface area contributed by atoms with Crippen molar-refractivity contribution in [1.82, 2.24) is 4.90 Å². The molecule has 1 fully saturated rings. The smallest absolute Gasteiger partial charge is 0.336 e. The predicted octanol–water partition coefficient (Wildman–Crippen LogP) is 1.04. The van der Waals surface area contributed by atoms with E-state index in [2.05, 4.69) is 10.8 Å². The largest absolute Gasteiger partial charge is 0.467 e. The van der Waals surface area contributed by atoms with Crippen molar-refractivity contribution in [3.8, 4) is 12.3 Å². The quantitative estimate of drug-likeness (QED) is 0.600. The monoisotopic (exact) mass is 259 g/mol. The number of hydrogen-bond donors (Lipinski definition) is 0. The molecule has 1 heterocycles. The van der Waals surface area contributed by atoms with Gasteiger partial charge in [-0.15, -0.1) is 6.42 Å². The standard InChI is InChI=1S/C15H17NO3/c1-3-12-4-6-13(7-5-12)10-16-8-9-19-14(11-16)15(17)18-2/h1,4-7,14H,8-11H2,2H3. The SMILES string of the molecule is C#Cc1ccc(CN2CCOC(C(=O)OC)C2)cc1. The lowest BCUT2D eigenvalue weighted by molar-refractivity contribution is -0.160. The maximum absolute atomic E-state index is 11.5. The average Bonchev–Trinajstić information content (AvgIpc) is 2.47. The number of carbonyl (C=O) groups is 1. The first-order valence-corrected chi connectivity index (χ1v) is 6.20. The summed E-state index contributed by atoms with van der Waals surface area (Å²) in [5.74, 6) is 2.28. The van der Waals surface area contributed by atoms with Gasteiger partial charge >= 0.3 is 5.97 Å². The number of morpholine rings is 1. The molecule has 19 heavy (non-hydrogen) atoms. The van der Waals surface area contributed by atoms with Gasteiger partial charge in [0.25, 0.3) is 0 Å². The van der Waals surface area contributed by atoms with Crippen LogP contribution in [0.3, 0.4) is 0 Å². The second kappa shape index (κ2) is 6.37. The van der Waals surface area contributed by atoms with Gasteiger partial charge in [0.05, 0.1) is 13.7 Å². The maximum atomic E-state index is 11.5. The van der Waals surface area contributed by atoms with Gasteiger partial charge in [-0.3, -0.25) is 4.90 Å². The highest BCUT2D eigenvalue weighted by Gasteiger charge is 2.27. The lowest BCUT2D eigenvalue weighted by Gasteiger charge is -2.31. The normalized spacial score (nSPS) is 19.7. The molecular formula is C15H17NO3. The van der Waals surface area contributed by atoms with Crippen molar-refractivity contribution in [2.45, 2.75) is 12.6 Å². The van der Waals surface area contributed by atoms with Gasteiger partial charge in [0.2, 0.25) is 0 Å². The number of rotatable bonds is 3. The Morgan fingerprint density at radius 3 is 2.89 bits per heavy atom. The fourth-order valence-electron chi connectivity index (χ4n) is 2.08. The first-order valence-electron chi connectivity index (χ1n) is 6.20. The molecule has 100 valence electrons. The van der Waals surface area contributed by atoms with Crippen LogP contribution in [0.15, 0.2) is 24.3 Å². The first kappa shape index (κ1) is 13.6. The molecule has 1 aromatic carbocycles. The van der Waals surface area contributed by atoms with Crippen LogP contribution in [-0.4, -0.2) is 43.8 Å². The Bertz CT molecular complexity index is 475. The first-order chi connectivity index (χ1) is 9.22. The zero-order chi connectivity index (χ0) is 13.7. The summed E-state index contributed by atoms with van der Waals surface area (Å²) in [6.07, 6.45) is 4.84. The van der Waals surface area contributed by atoms with E-state index in [1.54, 1.807) is 0 Å². The van der Waals surface area contributed by atoms with Gasteiger partial charge in [-0.1, -0.05) is 18.1 Å². The molecule has 0 aromatic heterocycles. The third-order valence-corrected chi connectivity index (χ3v) is 3.14. The molecule has 0 radical (unpaired) electrons. The Labute approximate surface area is 113 Å². The molecule has 0 aliphatic carbocycles. The van der Waals surface area contributed by atoms with E-state index < -0.39 is 6.10 Å². The highest BCUT2D eigenvalue weighted by Crippen LogP contribution is 2.12. The molecule has 1 unspecified atom stereocenters. The van der Waals surface area contributed by atoms with E-state index in [1.807, 2.05) is 24.3 Å². The van der Waals surface area contributed by atoms with E-state index in [-0.39, 0.29) is 5.97 Å². The molecule has 0 N–H and O–H groups in total. The van der Waals surface area contributed by atoms with Crippen molar-refractivity contribution in [3.63, 3.8) is 0 Å². The van der Waals surface area contributed by atoms with Crippen molar-refractivity contribution >= 4 is 5.97 Å². The molecule has 1 aliphatic heterocycles. The molecule has 0 bridgehead atoms. The second-order valence-electron chi connectivity index (χ2n) is 4.46. The Morgan fingerprint density at radius 2 is 2.26 bits per heavy atom. The van der Waals surface area contributed by atoms with E-state index >= 15 is 0 Å². The number of carbonyl (C=O) groups excluding carboxylic acids is 1. The van der Waals surface area contributed by atoms with Crippen molar-refractivity contribution in [1.29, 1.82) is 0 Å². The zero-order valence-corrected chi connectivity index (χ0v) is 11.0. The van der Waals surface area contributed by atoms with E-state index in [9.17, 15) is 4.79 Å². The van der Waals surface area contributed by atoms with Crippen molar-refractivity contribution in [2.75, 3.05) is 26.8 Å². The number of ether oxygens (including phenoxy) is 2. The number of esters is 1. The predicted molar refractivity (Wildman–Crippen MR) is 71.4 cm³/mol. The average molecular weight is 259 g/mol. The molecule has 0 spiro atoms. The van der Waals surface area contributed by atoms with Gasteiger partial charge in [-0.2, -0.15) is 0 Å². The Morgan fingerprint density at radius 1 is 1.53 bits per heavy atom. The fraction of sp³-hybridized carbons (Fsp3) is 0.400. The summed E-state index contributed by atoms with van der Waals surface area (Å²) in [4.78, 5) is 13.6. The van der Waals surface area contributed by atoms with Crippen LogP contribution in [0.1, 0.15) is 11.1 Å². The lowest BCUT2D eigenvalue weighted by Crippen LogP contribution is -2.46. The van der Waals surface area contributed by atoms with E-state index in [0.29, 0.717) is 13.2 Å². The highest BCUT2D eigenvalue weighted by molar-refractivity contribution is 5.74. The summed E-state index contributed by atoms with van der Waals surface area (Å²) < 4.78 is 10.1. The van der Waals surface area contributed by atoms with Gasteiger partial charge < -0.3 is 9.47 Å². The van der Waals surface area contributed by atoms with Crippen LogP contribution in [-0.2, 0) is 20.8 Å². The summed E-state index contributed by atoms with van der Waals surface area (Å²) in [5.41, 5.74) is 2.04. The molecule has 1 aliphatic rings. The molecule has 4 nitrogen and oxygen atoms in total. The van der Waals surface area contributed by atoms with Crippen LogP contribution in [0.2, 0.25) is 0 Å². The molecule has 2 rings (SSSR count). The number of benzene rings is 1. The molecule has 0 saturated carbocycles. The molecular weight excluding hydrogens is 242 g/mol. The number of methoxy groups -OCH3 is 1. The molecule has 0 amide bonds. The number of nitrogens with zero attached hydrogens (tertiary/aromatic N) is 1. The zero-order valence-electron chi connectivity index (χ0n) is 11.0. The number of hydrogen-bond acceptors (Lipinski definition) is 4. The van der Waals surface area contributed by atoms with E-state index in [4.69, 9.17) is 15.9 Å². The lowest BCUT2D eigenvalue weighted by atomic mass is 10.1. The van der Waals surface area contributed by atoms with Crippen molar-refractivity contribution < 1.29 is 14.3 Å². The number of terminal acetylenes is 1. The van der Waals surface area contributed by atoms with Crippen LogP contribution in [0.5, 0.6) is 0 Å². The summed E-state index contributed by atoms with van der Waals surface area (Å²) in [6, 6.07) is 7.87. The van der Waals surface area contributed by atoms with Crippen molar-refractivity contribution in [3.05, 3.63) is 35.4 Å². The molecule has 1 aromatic rings. The Hall–Kier alpha value is -1.83. The fourth-order valence-corrected chi connectivity index (χ4v) is 2.08. The minimum Gasteiger partial charge on any atom is -0.467 e. The van der Waals surface area contributed by atoms with Crippen LogP contribution >= 0.6 is 0 Å². The van der Waals surface area contributed by atoms with E-state index in [0.717, 1.165) is 18.7 Å². The molecule has 1 saturated heterocycles. The molecule has 1 atom stereocenters. The second-order valence-corrected chi connectivity index (χ2v) is 4.46. The Balaban J connectivity index is 1.94. The third-order valence-electron chi connectivity index (χ3n) is 3.14.